The molecule has 0 saturated carbocycles. The molecular weight excluding hydrogens is 266 g/mol. The Bertz CT molecular complexity index is 584. The van der Waals surface area contributed by atoms with Gasteiger partial charge in [-0.2, -0.15) is 0 Å². The number of phenols is 3. The first kappa shape index (κ1) is 15.2. The Balaban J connectivity index is 2.38. The van der Waals surface area contributed by atoms with E-state index in [0.717, 1.165) is 24.9 Å². The topological polar surface area (TPSA) is 72.7 Å². The summed E-state index contributed by atoms with van der Waals surface area (Å²) in [6.07, 6.45) is 2.09. The fraction of sp³-hybridized carbons (Fsp3) is 0.294. The molecule has 0 aliphatic rings. The molecule has 1 atom stereocenters. The number of phenolic OH excluding ortho intramolecular Hbond substituents is 3. The number of hydrogen-bond acceptors (Lipinski definition) is 4. The highest BCUT2D eigenvalue weighted by molar-refractivity contribution is 5.55. The summed E-state index contributed by atoms with van der Waals surface area (Å²) in [5.41, 5.74) is 1.54. The fourth-order valence-electron chi connectivity index (χ4n) is 2.29. The summed E-state index contributed by atoms with van der Waals surface area (Å²) in [7, 11) is 0. The number of rotatable bonds is 6. The molecule has 4 nitrogen and oxygen atoms in total. The van der Waals surface area contributed by atoms with E-state index in [0.29, 0.717) is 5.56 Å². The Labute approximate surface area is 124 Å². The lowest BCUT2D eigenvalue weighted by molar-refractivity contribution is 0.362. The smallest absolute Gasteiger partial charge is 0.200 e. The van der Waals surface area contributed by atoms with Gasteiger partial charge in [-0.25, -0.2) is 0 Å². The molecule has 0 bridgehead atoms. The maximum absolute atomic E-state index is 10.1. The molecule has 0 saturated heterocycles. The molecule has 0 aliphatic heterocycles. The Morgan fingerprint density at radius 1 is 0.952 bits per heavy atom. The van der Waals surface area contributed by atoms with Gasteiger partial charge in [0.25, 0.3) is 0 Å². The third-order valence-corrected chi connectivity index (χ3v) is 3.48. The number of hydrogen-bond donors (Lipinski definition) is 4. The largest absolute Gasteiger partial charge is 0.504 e. The third-order valence-electron chi connectivity index (χ3n) is 3.48. The van der Waals surface area contributed by atoms with E-state index in [2.05, 4.69) is 12.2 Å². The third kappa shape index (κ3) is 3.47. The van der Waals surface area contributed by atoms with Gasteiger partial charge in [0.2, 0.25) is 5.75 Å². The standard InChI is InChI=1S/C17H21NO3/c1-2-3-11-18-15(12-7-5-4-6-8-12)13-9-10-14(19)17(21)16(13)20/h4-10,15,18-21H,2-3,11H2,1H3. The Morgan fingerprint density at radius 2 is 1.67 bits per heavy atom. The van der Waals surface area contributed by atoms with Crippen LogP contribution in [0.2, 0.25) is 0 Å². The maximum atomic E-state index is 10.1. The summed E-state index contributed by atoms with van der Waals surface area (Å²) in [4.78, 5) is 0. The van der Waals surface area contributed by atoms with Gasteiger partial charge in [-0.3, -0.25) is 0 Å². The Hall–Kier alpha value is -2.20. The lowest BCUT2D eigenvalue weighted by atomic mass is 9.97. The molecule has 0 heterocycles. The molecule has 112 valence electrons. The lowest BCUT2D eigenvalue weighted by Crippen LogP contribution is -2.23. The van der Waals surface area contributed by atoms with Crippen LogP contribution in [0.4, 0.5) is 0 Å². The van der Waals surface area contributed by atoms with E-state index < -0.39 is 5.75 Å². The summed E-state index contributed by atoms with van der Waals surface area (Å²) < 4.78 is 0. The highest BCUT2D eigenvalue weighted by Gasteiger charge is 2.20. The fourth-order valence-corrected chi connectivity index (χ4v) is 2.29. The van der Waals surface area contributed by atoms with Gasteiger partial charge in [-0.05, 0) is 30.7 Å². The van der Waals surface area contributed by atoms with Crippen LogP contribution < -0.4 is 5.32 Å². The van der Waals surface area contributed by atoms with E-state index in [1.165, 1.54) is 6.07 Å². The summed E-state index contributed by atoms with van der Waals surface area (Å²) >= 11 is 0. The second-order valence-corrected chi connectivity index (χ2v) is 5.02. The van der Waals surface area contributed by atoms with Gasteiger partial charge in [0.05, 0.1) is 6.04 Å². The molecule has 0 fully saturated rings. The van der Waals surface area contributed by atoms with Gasteiger partial charge in [-0.15, -0.1) is 0 Å². The zero-order valence-corrected chi connectivity index (χ0v) is 12.1. The van der Waals surface area contributed by atoms with Crippen molar-refractivity contribution in [2.45, 2.75) is 25.8 Å². The predicted octanol–water partition coefficient (Wildman–Crippen LogP) is 3.28. The van der Waals surface area contributed by atoms with E-state index in [1.54, 1.807) is 6.07 Å². The van der Waals surface area contributed by atoms with E-state index in [4.69, 9.17) is 0 Å². The van der Waals surface area contributed by atoms with Crippen LogP contribution in [0.5, 0.6) is 17.2 Å². The summed E-state index contributed by atoms with van der Waals surface area (Å²) in [6, 6.07) is 12.5. The molecular formula is C17H21NO3. The second kappa shape index (κ2) is 6.99. The van der Waals surface area contributed by atoms with Crippen LogP contribution in [0.3, 0.4) is 0 Å². The minimum atomic E-state index is -0.481. The van der Waals surface area contributed by atoms with Crippen molar-refractivity contribution >= 4 is 0 Å². The molecule has 4 N–H and O–H groups in total. The van der Waals surface area contributed by atoms with Crippen molar-refractivity contribution in [1.29, 1.82) is 0 Å². The van der Waals surface area contributed by atoms with Crippen LogP contribution in [0.25, 0.3) is 0 Å². The highest BCUT2D eigenvalue weighted by Crippen LogP contribution is 2.41. The Kier molecular flexibility index (Phi) is 5.06. The van der Waals surface area contributed by atoms with E-state index in [-0.39, 0.29) is 17.5 Å². The Morgan fingerprint density at radius 3 is 2.33 bits per heavy atom. The van der Waals surface area contributed by atoms with Crippen molar-refractivity contribution in [1.82, 2.24) is 5.32 Å². The van der Waals surface area contributed by atoms with Crippen molar-refractivity contribution < 1.29 is 15.3 Å². The molecule has 2 aromatic rings. The summed E-state index contributed by atoms with van der Waals surface area (Å²) in [5, 5.41) is 32.7. The van der Waals surface area contributed by atoms with Crippen LogP contribution in [-0.2, 0) is 0 Å². The molecule has 0 aliphatic carbocycles. The van der Waals surface area contributed by atoms with Crippen LogP contribution in [0, 0.1) is 0 Å². The van der Waals surface area contributed by atoms with Crippen LogP contribution in [0.15, 0.2) is 42.5 Å². The van der Waals surface area contributed by atoms with E-state index in [9.17, 15) is 15.3 Å². The summed E-state index contributed by atoms with van der Waals surface area (Å²) in [5.74, 6) is -1.09. The van der Waals surface area contributed by atoms with Gasteiger partial charge in [0.1, 0.15) is 0 Å². The quantitative estimate of drug-likeness (QED) is 0.486. The van der Waals surface area contributed by atoms with Gasteiger partial charge in [-0.1, -0.05) is 43.7 Å². The zero-order valence-electron chi connectivity index (χ0n) is 12.1. The first-order valence-corrected chi connectivity index (χ1v) is 7.17. The molecule has 0 spiro atoms. The lowest BCUT2D eigenvalue weighted by Gasteiger charge is -2.21. The van der Waals surface area contributed by atoms with Gasteiger partial charge < -0.3 is 20.6 Å². The van der Waals surface area contributed by atoms with Crippen molar-refractivity contribution in [3.63, 3.8) is 0 Å². The first-order valence-electron chi connectivity index (χ1n) is 7.17. The van der Waals surface area contributed by atoms with Crippen molar-refractivity contribution in [3.05, 3.63) is 53.6 Å². The number of nitrogens with one attached hydrogen (secondary N) is 1. The van der Waals surface area contributed by atoms with Gasteiger partial charge in [0.15, 0.2) is 11.5 Å². The minimum Gasteiger partial charge on any atom is -0.504 e. The van der Waals surface area contributed by atoms with Gasteiger partial charge >= 0.3 is 0 Å². The number of aromatic hydroxyl groups is 3. The van der Waals surface area contributed by atoms with Crippen molar-refractivity contribution in [2.24, 2.45) is 0 Å². The monoisotopic (exact) mass is 287 g/mol. The molecule has 2 rings (SSSR count). The minimum absolute atomic E-state index is 0.232. The molecule has 21 heavy (non-hydrogen) atoms. The number of unbranched alkanes of at least 4 members (excludes halogenated alkanes) is 1. The molecule has 2 aromatic carbocycles. The maximum Gasteiger partial charge on any atom is 0.200 e. The molecule has 0 radical (unpaired) electrons. The van der Waals surface area contributed by atoms with E-state index >= 15 is 0 Å². The van der Waals surface area contributed by atoms with Crippen LogP contribution in [0.1, 0.15) is 36.9 Å². The SMILES string of the molecule is CCCCNC(c1ccccc1)c1ccc(O)c(O)c1O. The zero-order chi connectivity index (χ0) is 15.2. The van der Waals surface area contributed by atoms with E-state index in [1.807, 2.05) is 30.3 Å². The van der Waals surface area contributed by atoms with Crippen molar-refractivity contribution in [2.75, 3.05) is 6.54 Å². The second-order valence-electron chi connectivity index (χ2n) is 5.02. The molecule has 1 unspecified atom stereocenters. The average Bonchev–Trinajstić information content (AvgIpc) is 2.51. The molecule has 0 aromatic heterocycles. The van der Waals surface area contributed by atoms with Crippen LogP contribution in [-0.4, -0.2) is 21.9 Å². The molecule has 0 amide bonds. The van der Waals surface area contributed by atoms with Gasteiger partial charge in [0, 0.05) is 5.56 Å². The number of benzene rings is 2. The van der Waals surface area contributed by atoms with Crippen molar-refractivity contribution in [3.8, 4) is 17.2 Å². The van der Waals surface area contributed by atoms with Crippen LogP contribution >= 0.6 is 0 Å². The first-order chi connectivity index (χ1) is 10.1. The highest BCUT2D eigenvalue weighted by atomic mass is 16.3. The molecule has 4 heteroatoms. The average molecular weight is 287 g/mol. The summed E-state index contributed by atoms with van der Waals surface area (Å²) in [6.45, 7) is 2.92. The predicted molar refractivity (Wildman–Crippen MR) is 82.6 cm³/mol. The normalized spacial score (nSPS) is 12.2.